The van der Waals surface area contributed by atoms with E-state index in [9.17, 15) is 0 Å². The zero-order valence-corrected chi connectivity index (χ0v) is 13.7. The van der Waals surface area contributed by atoms with Gasteiger partial charge >= 0.3 is 0 Å². The molecule has 0 fully saturated rings. The Balaban J connectivity index is 2.74. The first kappa shape index (κ1) is 15.7. The molecule has 1 unspecified atom stereocenters. The van der Waals surface area contributed by atoms with Crippen molar-refractivity contribution in [2.24, 2.45) is 5.92 Å². The van der Waals surface area contributed by atoms with Gasteiger partial charge in [0.25, 0.3) is 0 Å². The summed E-state index contributed by atoms with van der Waals surface area (Å²) >= 11 is 3.63. The maximum absolute atomic E-state index is 3.63. The van der Waals surface area contributed by atoms with E-state index in [-0.39, 0.29) is 0 Å². The summed E-state index contributed by atoms with van der Waals surface area (Å²) in [4.78, 5) is 0. The molecule has 0 spiro atoms. The lowest BCUT2D eigenvalue weighted by molar-refractivity contribution is 0.454. The molecule has 1 rings (SSSR count). The van der Waals surface area contributed by atoms with E-state index in [0.717, 1.165) is 12.5 Å². The van der Waals surface area contributed by atoms with Crippen LogP contribution in [-0.4, -0.2) is 6.54 Å². The first-order valence-corrected chi connectivity index (χ1v) is 7.84. The summed E-state index contributed by atoms with van der Waals surface area (Å²) in [6.07, 6.45) is 3.83. The fourth-order valence-corrected chi connectivity index (χ4v) is 2.73. The van der Waals surface area contributed by atoms with Crippen molar-refractivity contribution in [2.75, 3.05) is 6.54 Å². The van der Waals surface area contributed by atoms with Crippen LogP contribution in [0.3, 0.4) is 0 Å². The van der Waals surface area contributed by atoms with Crippen LogP contribution in [0.2, 0.25) is 0 Å². The maximum atomic E-state index is 3.63. The van der Waals surface area contributed by atoms with E-state index in [0.29, 0.717) is 6.04 Å². The van der Waals surface area contributed by atoms with Gasteiger partial charge in [0.1, 0.15) is 0 Å². The van der Waals surface area contributed by atoms with Crippen molar-refractivity contribution in [1.29, 1.82) is 0 Å². The third-order valence-electron chi connectivity index (χ3n) is 3.41. The van der Waals surface area contributed by atoms with Crippen LogP contribution < -0.4 is 5.32 Å². The van der Waals surface area contributed by atoms with Gasteiger partial charge in [-0.05, 0) is 43.0 Å². The predicted octanol–water partition coefficient (Wildman–Crippen LogP) is 5.23. The molecule has 0 radical (unpaired) electrons. The highest BCUT2D eigenvalue weighted by atomic mass is 79.9. The van der Waals surface area contributed by atoms with Crippen LogP contribution in [0.4, 0.5) is 0 Å². The molecule has 0 heterocycles. The van der Waals surface area contributed by atoms with Crippen molar-refractivity contribution in [3.63, 3.8) is 0 Å². The molecule has 0 aliphatic heterocycles. The summed E-state index contributed by atoms with van der Waals surface area (Å²) < 4.78 is 1.21. The first-order chi connectivity index (χ1) is 8.56. The van der Waals surface area contributed by atoms with Crippen molar-refractivity contribution in [3.05, 3.63) is 33.8 Å². The monoisotopic (exact) mass is 311 g/mol. The lowest BCUT2D eigenvalue weighted by Gasteiger charge is -2.21. The van der Waals surface area contributed by atoms with E-state index in [4.69, 9.17) is 0 Å². The van der Waals surface area contributed by atoms with Gasteiger partial charge in [-0.15, -0.1) is 0 Å². The summed E-state index contributed by atoms with van der Waals surface area (Å²) in [7, 11) is 0. The minimum absolute atomic E-state index is 0.492. The Morgan fingerprint density at radius 3 is 2.56 bits per heavy atom. The minimum atomic E-state index is 0.492. The summed E-state index contributed by atoms with van der Waals surface area (Å²) in [5.74, 6) is 0.802. The zero-order chi connectivity index (χ0) is 13.5. The average Bonchev–Trinajstić information content (AvgIpc) is 2.31. The van der Waals surface area contributed by atoms with Crippen molar-refractivity contribution in [2.45, 2.75) is 53.0 Å². The molecule has 1 N–H and O–H groups in total. The fourth-order valence-electron chi connectivity index (χ4n) is 2.35. The zero-order valence-electron chi connectivity index (χ0n) is 12.1. The second-order valence-corrected chi connectivity index (χ2v) is 6.24. The van der Waals surface area contributed by atoms with Crippen molar-refractivity contribution >= 4 is 15.9 Å². The van der Waals surface area contributed by atoms with E-state index in [1.807, 2.05) is 0 Å². The highest BCUT2D eigenvalue weighted by molar-refractivity contribution is 9.10. The van der Waals surface area contributed by atoms with Crippen LogP contribution in [-0.2, 0) is 0 Å². The Morgan fingerprint density at radius 1 is 1.22 bits per heavy atom. The molecule has 0 saturated carbocycles. The van der Waals surface area contributed by atoms with E-state index >= 15 is 0 Å². The third kappa shape index (κ3) is 4.74. The van der Waals surface area contributed by atoms with Gasteiger partial charge in [-0.2, -0.15) is 0 Å². The van der Waals surface area contributed by atoms with Gasteiger partial charge in [0.05, 0.1) is 0 Å². The summed E-state index contributed by atoms with van der Waals surface area (Å²) in [5, 5.41) is 3.62. The number of hydrogen-bond acceptors (Lipinski definition) is 1. The molecule has 0 aromatic heterocycles. The second-order valence-electron chi connectivity index (χ2n) is 5.39. The fraction of sp³-hybridized carbons (Fsp3) is 0.625. The van der Waals surface area contributed by atoms with Gasteiger partial charge in [0, 0.05) is 10.5 Å². The molecular weight excluding hydrogens is 286 g/mol. The Hall–Kier alpha value is -0.340. The van der Waals surface area contributed by atoms with Crippen LogP contribution in [0.1, 0.15) is 57.2 Å². The smallest absolute Gasteiger partial charge is 0.0323 e. The first-order valence-electron chi connectivity index (χ1n) is 7.04. The Labute approximate surface area is 120 Å². The van der Waals surface area contributed by atoms with Gasteiger partial charge in [0.2, 0.25) is 0 Å². The molecule has 0 aliphatic rings. The topological polar surface area (TPSA) is 12.0 Å². The van der Waals surface area contributed by atoms with Crippen molar-refractivity contribution in [3.8, 4) is 0 Å². The van der Waals surface area contributed by atoms with Gasteiger partial charge < -0.3 is 5.32 Å². The normalized spacial score (nSPS) is 13.0. The quantitative estimate of drug-likeness (QED) is 0.726. The summed E-state index contributed by atoms with van der Waals surface area (Å²) in [5.41, 5.74) is 2.81. The predicted molar refractivity (Wildman–Crippen MR) is 84.0 cm³/mol. The molecule has 1 nitrogen and oxygen atoms in total. The van der Waals surface area contributed by atoms with Crippen LogP contribution in [0.15, 0.2) is 22.7 Å². The highest BCUT2D eigenvalue weighted by Gasteiger charge is 2.13. The van der Waals surface area contributed by atoms with Gasteiger partial charge in [0.15, 0.2) is 0 Å². The summed E-state index contributed by atoms with van der Waals surface area (Å²) in [6, 6.07) is 7.00. The van der Waals surface area contributed by atoms with Gasteiger partial charge in [-0.25, -0.2) is 0 Å². The molecule has 1 atom stereocenters. The van der Waals surface area contributed by atoms with Gasteiger partial charge in [-0.3, -0.25) is 0 Å². The molecule has 2 heteroatoms. The number of rotatable bonds is 7. The number of hydrogen-bond donors (Lipinski definition) is 1. The van der Waals surface area contributed by atoms with E-state index in [1.165, 1.54) is 34.9 Å². The number of benzene rings is 1. The molecule has 1 aromatic rings. The van der Waals surface area contributed by atoms with Crippen molar-refractivity contribution in [1.82, 2.24) is 5.32 Å². The molecule has 0 aliphatic carbocycles. The Morgan fingerprint density at radius 2 is 1.94 bits per heavy atom. The number of halogens is 1. The lowest BCUT2D eigenvalue weighted by atomic mass is 9.95. The Bertz CT molecular complexity index is 360. The molecule has 102 valence electrons. The van der Waals surface area contributed by atoms with E-state index in [1.54, 1.807) is 0 Å². The number of nitrogens with one attached hydrogen (secondary N) is 1. The van der Waals surface area contributed by atoms with Gasteiger partial charge in [-0.1, -0.05) is 61.7 Å². The van der Waals surface area contributed by atoms with Crippen molar-refractivity contribution < 1.29 is 0 Å². The second kappa shape index (κ2) is 7.96. The standard InChI is InChI=1S/C16H26BrN/c1-5-18-16(11-6-8-12(2)3)14-9-7-10-15(17)13(14)4/h7,9-10,12,16,18H,5-6,8,11H2,1-4H3. The SMILES string of the molecule is CCNC(CCCC(C)C)c1cccc(Br)c1C. The van der Waals surface area contributed by atoms with E-state index < -0.39 is 0 Å². The van der Waals surface area contributed by atoms with Crippen LogP contribution in [0, 0.1) is 12.8 Å². The van der Waals surface area contributed by atoms with Crippen LogP contribution in [0.25, 0.3) is 0 Å². The van der Waals surface area contributed by atoms with Crippen LogP contribution >= 0.6 is 15.9 Å². The molecule has 18 heavy (non-hydrogen) atoms. The lowest BCUT2D eigenvalue weighted by Crippen LogP contribution is -2.22. The molecule has 0 saturated heterocycles. The van der Waals surface area contributed by atoms with Crippen LogP contribution in [0.5, 0.6) is 0 Å². The largest absolute Gasteiger partial charge is 0.310 e. The molecular formula is C16H26BrN. The van der Waals surface area contributed by atoms with E-state index in [2.05, 4.69) is 67.1 Å². The molecule has 0 amide bonds. The average molecular weight is 312 g/mol. The Kier molecular flexibility index (Phi) is 6.95. The molecule has 1 aromatic carbocycles. The highest BCUT2D eigenvalue weighted by Crippen LogP contribution is 2.28. The molecule has 0 bridgehead atoms. The minimum Gasteiger partial charge on any atom is -0.310 e. The summed E-state index contributed by atoms with van der Waals surface area (Å²) in [6.45, 7) is 10.0. The third-order valence-corrected chi connectivity index (χ3v) is 4.27. The maximum Gasteiger partial charge on any atom is 0.0323 e.